The van der Waals surface area contributed by atoms with Gasteiger partial charge in [0.15, 0.2) is 0 Å². The number of hydrogen-bond donors (Lipinski definition) is 6. The molecule has 106 valence electrons. The number of hydrogen-bond acceptors (Lipinski definition) is 10. The number of aromatic nitrogens is 3. The summed E-state index contributed by atoms with van der Waals surface area (Å²) in [6.07, 6.45) is -2.92. The molecular formula is C8H12N4O7. The van der Waals surface area contributed by atoms with Crippen LogP contribution in [-0.2, 0) is 10.6 Å². The maximum Gasteiger partial charge on any atom is 0.356 e. The minimum absolute atomic E-state index is 0.238. The molecule has 0 spiro atoms. The van der Waals surface area contributed by atoms with Crippen molar-refractivity contribution in [2.24, 2.45) is 0 Å². The summed E-state index contributed by atoms with van der Waals surface area (Å²) in [5, 5.41) is 47.9. The molecule has 11 heteroatoms. The van der Waals surface area contributed by atoms with E-state index >= 15 is 0 Å². The summed E-state index contributed by atoms with van der Waals surface area (Å²) in [6.45, 7) is -0.822. The molecule has 1 aliphatic heterocycles. The van der Waals surface area contributed by atoms with E-state index in [0.717, 1.165) is 0 Å². The predicted octanol–water partition coefficient (Wildman–Crippen LogP) is -4.74. The van der Waals surface area contributed by atoms with Crippen molar-refractivity contribution in [3.63, 3.8) is 0 Å². The normalized spacial score (nSPS) is 33.5. The molecule has 0 amide bonds. The monoisotopic (exact) mass is 276 g/mol. The third-order valence-corrected chi connectivity index (χ3v) is 2.79. The first-order valence-electron chi connectivity index (χ1n) is 5.09. The van der Waals surface area contributed by atoms with Gasteiger partial charge in [-0.25, -0.2) is 14.3 Å². The van der Waals surface area contributed by atoms with Crippen LogP contribution in [0.1, 0.15) is 0 Å². The van der Waals surface area contributed by atoms with Crippen LogP contribution in [0.15, 0.2) is 11.1 Å². The van der Waals surface area contributed by atoms with Crippen LogP contribution in [0.25, 0.3) is 0 Å². The number of aliphatic hydroxyl groups excluding tert-OH is 2. The van der Waals surface area contributed by atoms with Gasteiger partial charge in [-0.2, -0.15) is 4.98 Å². The summed E-state index contributed by atoms with van der Waals surface area (Å²) in [7, 11) is 0. The van der Waals surface area contributed by atoms with Gasteiger partial charge in [-0.3, -0.25) is 0 Å². The Hall–Kier alpha value is -1.63. The molecule has 0 bridgehead atoms. The first-order chi connectivity index (χ1) is 8.74. The summed E-state index contributed by atoms with van der Waals surface area (Å²) in [6, 6.07) is 0. The van der Waals surface area contributed by atoms with Crippen LogP contribution < -0.4 is 11.4 Å². The zero-order valence-electron chi connectivity index (χ0n) is 9.41. The molecule has 0 saturated carbocycles. The summed E-state index contributed by atoms with van der Waals surface area (Å²) >= 11 is 0. The molecule has 1 aromatic rings. The minimum Gasteiger partial charge on any atom is -0.394 e. The molecule has 1 aromatic heterocycles. The van der Waals surface area contributed by atoms with Gasteiger partial charge in [-0.05, 0) is 0 Å². The van der Waals surface area contributed by atoms with Gasteiger partial charge < -0.3 is 36.0 Å². The molecule has 0 aromatic carbocycles. The van der Waals surface area contributed by atoms with E-state index < -0.39 is 42.2 Å². The second kappa shape index (κ2) is 4.19. The number of rotatable bonds is 2. The molecule has 2 heterocycles. The molecular weight excluding hydrogens is 264 g/mol. The topological polar surface area (TPSA) is 184 Å². The highest BCUT2D eigenvalue weighted by Gasteiger charge is 2.66. The standard InChI is InChI=1S/C8H12N4O7/c9-5-10-2-12(6(15)11-5)8(18)7(16,17)4(14)3(1-13)19-8/h2-4,13-14,16-18H,1H2,(H2,9,11,15)/t3-,4-,8-/m1/s1. The van der Waals surface area contributed by atoms with E-state index in [1.54, 1.807) is 0 Å². The number of nitrogen functional groups attached to an aromatic ring is 1. The van der Waals surface area contributed by atoms with E-state index in [1.165, 1.54) is 0 Å². The average Bonchev–Trinajstić information content (AvgIpc) is 2.50. The third-order valence-electron chi connectivity index (χ3n) is 2.79. The zero-order chi connectivity index (χ0) is 14.4. The number of aliphatic hydroxyl groups is 5. The van der Waals surface area contributed by atoms with Crippen molar-refractivity contribution in [1.29, 1.82) is 0 Å². The Morgan fingerprint density at radius 2 is 2.11 bits per heavy atom. The molecule has 7 N–H and O–H groups in total. The van der Waals surface area contributed by atoms with Crippen LogP contribution in [0.4, 0.5) is 5.95 Å². The van der Waals surface area contributed by atoms with E-state index in [-0.39, 0.29) is 4.57 Å². The summed E-state index contributed by atoms with van der Waals surface area (Å²) in [5.41, 5.74) is 3.96. The smallest absolute Gasteiger partial charge is 0.356 e. The molecule has 0 aliphatic carbocycles. The Balaban J connectivity index is 2.56. The van der Waals surface area contributed by atoms with Gasteiger partial charge >= 0.3 is 11.6 Å². The van der Waals surface area contributed by atoms with Crippen molar-refractivity contribution in [3.05, 3.63) is 16.8 Å². The van der Waals surface area contributed by atoms with Crippen LogP contribution in [0.3, 0.4) is 0 Å². The molecule has 2 rings (SSSR count). The summed E-state index contributed by atoms with van der Waals surface area (Å²) < 4.78 is 4.97. The van der Waals surface area contributed by atoms with E-state index in [1.807, 2.05) is 0 Å². The second-order valence-corrected chi connectivity index (χ2v) is 3.99. The lowest BCUT2D eigenvalue weighted by Crippen LogP contribution is -2.60. The minimum atomic E-state index is -3.26. The highest BCUT2D eigenvalue weighted by molar-refractivity contribution is 5.11. The molecule has 1 aliphatic rings. The number of nitrogens with two attached hydrogens (primary N) is 1. The Labute approximate surface area is 105 Å². The Morgan fingerprint density at radius 3 is 2.58 bits per heavy atom. The van der Waals surface area contributed by atoms with Crippen LogP contribution in [0, 0.1) is 0 Å². The largest absolute Gasteiger partial charge is 0.394 e. The van der Waals surface area contributed by atoms with Crippen molar-refractivity contribution >= 4 is 5.95 Å². The summed E-state index contributed by atoms with van der Waals surface area (Å²) in [5.74, 6) is -6.72. The van der Waals surface area contributed by atoms with Gasteiger partial charge in [0.05, 0.1) is 6.61 Å². The maximum absolute atomic E-state index is 11.5. The average molecular weight is 276 g/mol. The van der Waals surface area contributed by atoms with Gasteiger partial charge in [0.25, 0.3) is 5.79 Å². The first-order valence-corrected chi connectivity index (χ1v) is 5.09. The fourth-order valence-electron chi connectivity index (χ4n) is 1.74. The van der Waals surface area contributed by atoms with Crippen molar-refractivity contribution in [2.75, 3.05) is 12.3 Å². The Bertz CT molecular complexity index is 546. The van der Waals surface area contributed by atoms with E-state index in [0.29, 0.717) is 6.33 Å². The van der Waals surface area contributed by atoms with Crippen LogP contribution in [0.2, 0.25) is 0 Å². The van der Waals surface area contributed by atoms with E-state index in [2.05, 4.69) is 9.97 Å². The molecule has 1 saturated heterocycles. The highest BCUT2D eigenvalue weighted by atomic mass is 16.7. The lowest BCUT2D eigenvalue weighted by Gasteiger charge is -2.32. The van der Waals surface area contributed by atoms with Crippen LogP contribution in [-0.4, -0.2) is 64.7 Å². The molecule has 0 unspecified atom stereocenters. The highest BCUT2D eigenvalue weighted by Crippen LogP contribution is 2.39. The van der Waals surface area contributed by atoms with Crippen molar-refractivity contribution < 1.29 is 30.3 Å². The van der Waals surface area contributed by atoms with E-state index in [9.17, 15) is 25.2 Å². The van der Waals surface area contributed by atoms with Gasteiger partial charge in [0, 0.05) is 0 Å². The molecule has 11 nitrogen and oxygen atoms in total. The fraction of sp³-hybridized carbons (Fsp3) is 0.625. The van der Waals surface area contributed by atoms with Gasteiger partial charge in [-0.15, -0.1) is 0 Å². The zero-order valence-corrected chi connectivity index (χ0v) is 9.41. The molecule has 0 radical (unpaired) electrons. The molecule has 3 atom stereocenters. The molecule has 19 heavy (non-hydrogen) atoms. The van der Waals surface area contributed by atoms with E-state index in [4.69, 9.17) is 15.6 Å². The van der Waals surface area contributed by atoms with Crippen LogP contribution >= 0.6 is 0 Å². The van der Waals surface area contributed by atoms with Gasteiger partial charge in [0.1, 0.15) is 18.5 Å². The lowest BCUT2D eigenvalue weighted by atomic mass is 10.1. The maximum atomic E-state index is 11.5. The first kappa shape index (κ1) is 13.8. The quantitative estimate of drug-likeness (QED) is 0.286. The van der Waals surface area contributed by atoms with Crippen molar-refractivity contribution in [1.82, 2.24) is 14.5 Å². The summed E-state index contributed by atoms with van der Waals surface area (Å²) in [4.78, 5) is 18.1. The Kier molecular flexibility index (Phi) is 3.04. The second-order valence-electron chi connectivity index (χ2n) is 3.99. The fourth-order valence-corrected chi connectivity index (χ4v) is 1.74. The number of ether oxygens (including phenoxy) is 1. The predicted molar refractivity (Wildman–Crippen MR) is 56.0 cm³/mol. The SMILES string of the molecule is Nc1ncn([C@]2(O)O[C@H](CO)[C@@H](O)C2(O)O)c(=O)n1. The lowest BCUT2D eigenvalue weighted by molar-refractivity contribution is -0.390. The van der Waals surface area contributed by atoms with Crippen molar-refractivity contribution in [3.8, 4) is 0 Å². The molecule has 1 fully saturated rings. The van der Waals surface area contributed by atoms with Gasteiger partial charge in [-0.1, -0.05) is 0 Å². The van der Waals surface area contributed by atoms with Gasteiger partial charge in [0.2, 0.25) is 5.95 Å². The van der Waals surface area contributed by atoms with Crippen molar-refractivity contribution in [2.45, 2.75) is 23.9 Å². The number of nitrogens with zero attached hydrogens (tertiary/aromatic N) is 3. The number of anilines is 1. The third kappa shape index (κ3) is 1.80. The Morgan fingerprint density at radius 1 is 1.47 bits per heavy atom. The van der Waals surface area contributed by atoms with Crippen LogP contribution in [0.5, 0.6) is 0 Å².